The van der Waals surface area contributed by atoms with Gasteiger partial charge in [-0.2, -0.15) is 0 Å². The summed E-state index contributed by atoms with van der Waals surface area (Å²) in [5.74, 6) is 1.31. The first kappa shape index (κ1) is 18.0. The Hall–Kier alpha value is -2.38. The van der Waals surface area contributed by atoms with Gasteiger partial charge in [-0.1, -0.05) is 17.3 Å². The molecule has 0 radical (unpaired) electrons. The number of benzene rings is 1. The molecule has 2 aliphatic rings. The summed E-state index contributed by atoms with van der Waals surface area (Å²) in [6.07, 6.45) is 4.21. The van der Waals surface area contributed by atoms with Crippen molar-refractivity contribution in [2.75, 3.05) is 13.2 Å². The number of nitrogens with one attached hydrogen (secondary N) is 1. The summed E-state index contributed by atoms with van der Waals surface area (Å²) < 4.78 is 16.9. The largest absolute Gasteiger partial charge is 0.486 e. The number of carbonyl (C=O) groups excluding carboxylic acids is 1. The van der Waals surface area contributed by atoms with Gasteiger partial charge in [-0.15, -0.1) is 0 Å². The molecule has 7 heteroatoms. The number of hydrogen-bond donors (Lipinski definition) is 2. The van der Waals surface area contributed by atoms with Gasteiger partial charge in [0.1, 0.15) is 17.6 Å². The molecule has 0 unspecified atom stereocenters. The predicted octanol–water partition coefficient (Wildman–Crippen LogP) is 2.01. The number of nitrogens with zero attached hydrogens (tertiary/aromatic N) is 1. The molecule has 2 aromatic rings. The van der Waals surface area contributed by atoms with E-state index in [9.17, 15) is 4.79 Å². The van der Waals surface area contributed by atoms with E-state index in [1.807, 2.05) is 24.3 Å². The summed E-state index contributed by atoms with van der Waals surface area (Å²) in [7, 11) is 0. The Morgan fingerprint density at radius 2 is 2.07 bits per heavy atom. The molecule has 2 N–H and O–H groups in total. The van der Waals surface area contributed by atoms with Gasteiger partial charge >= 0.3 is 0 Å². The third-order valence-electron chi connectivity index (χ3n) is 5.18. The van der Waals surface area contributed by atoms with Crippen LogP contribution in [-0.2, 0) is 24.2 Å². The van der Waals surface area contributed by atoms with Crippen LogP contribution in [0.15, 0.2) is 28.8 Å². The summed E-state index contributed by atoms with van der Waals surface area (Å²) in [5, 5.41) is 16.2. The quantitative estimate of drug-likeness (QED) is 0.834. The zero-order valence-electron chi connectivity index (χ0n) is 15.1. The molecular formula is C20H24N2O5. The number of aliphatic hydroxyl groups excluding tert-OH is 1. The molecule has 144 valence electrons. The molecule has 4 rings (SSSR count). The molecule has 1 fully saturated rings. The number of ether oxygens (including phenoxy) is 2. The number of carbonyl (C=O) groups is 1. The summed E-state index contributed by atoms with van der Waals surface area (Å²) in [5.41, 5.74) is 2.17. The molecule has 0 spiro atoms. The number of rotatable bonds is 5. The Morgan fingerprint density at radius 3 is 2.89 bits per heavy atom. The van der Waals surface area contributed by atoms with Gasteiger partial charge in [0.25, 0.3) is 5.91 Å². The molecule has 2 atom stereocenters. The lowest BCUT2D eigenvalue weighted by atomic mass is 9.96. The van der Waals surface area contributed by atoms with Crippen molar-refractivity contribution in [3.63, 3.8) is 0 Å². The van der Waals surface area contributed by atoms with Gasteiger partial charge in [-0.3, -0.25) is 4.79 Å². The lowest BCUT2D eigenvalue weighted by molar-refractivity contribution is -0.0136. The molecule has 27 heavy (non-hydrogen) atoms. The highest BCUT2D eigenvalue weighted by molar-refractivity contribution is 5.94. The van der Waals surface area contributed by atoms with E-state index in [0.29, 0.717) is 31.1 Å². The maximum Gasteiger partial charge on any atom is 0.274 e. The second kappa shape index (κ2) is 8.10. The predicted molar refractivity (Wildman–Crippen MR) is 96.6 cm³/mol. The van der Waals surface area contributed by atoms with Crippen LogP contribution in [0.4, 0.5) is 0 Å². The zero-order valence-corrected chi connectivity index (χ0v) is 15.1. The van der Waals surface area contributed by atoms with Crippen molar-refractivity contribution in [1.29, 1.82) is 0 Å². The van der Waals surface area contributed by atoms with Gasteiger partial charge in [0, 0.05) is 18.6 Å². The van der Waals surface area contributed by atoms with Crippen molar-refractivity contribution in [3.05, 3.63) is 46.8 Å². The van der Waals surface area contributed by atoms with Gasteiger partial charge in [0.15, 0.2) is 5.69 Å². The van der Waals surface area contributed by atoms with Crippen molar-refractivity contribution in [2.24, 2.45) is 0 Å². The standard InChI is InChI=1S/C20H24N2O5/c23-11-13-5-7-14(8-6-13)26-18-12-25-10-9-16(18)21-20(24)19-15-3-1-2-4-17(15)27-22-19/h5-8,16,18,23H,1-4,9-12H2,(H,21,24)/t16-,18-/m1/s1. The van der Waals surface area contributed by atoms with Crippen LogP contribution in [0.3, 0.4) is 0 Å². The van der Waals surface area contributed by atoms with Crippen LogP contribution >= 0.6 is 0 Å². The fourth-order valence-corrected chi connectivity index (χ4v) is 3.64. The monoisotopic (exact) mass is 372 g/mol. The molecule has 1 aromatic carbocycles. The van der Waals surface area contributed by atoms with Gasteiger partial charge in [0.05, 0.1) is 19.3 Å². The summed E-state index contributed by atoms with van der Waals surface area (Å²) in [4.78, 5) is 12.8. The minimum atomic E-state index is -0.287. The summed E-state index contributed by atoms with van der Waals surface area (Å²) >= 11 is 0. The Morgan fingerprint density at radius 1 is 1.26 bits per heavy atom. The Bertz CT molecular complexity index is 786. The van der Waals surface area contributed by atoms with E-state index in [2.05, 4.69) is 10.5 Å². The molecule has 0 bridgehead atoms. The third kappa shape index (κ3) is 3.99. The number of amides is 1. The Labute approximate surface area is 157 Å². The van der Waals surface area contributed by atoms with Crippen LogP contribution in [-0.4, -0.2) is 41.5 Å². The van der Waals surface area contributed by atoms with E-state index in [1.165, 1.54) is 0 Å². The van der Waals surface area contributed by atoms with Crippen molar-refractivity contribution in [2.45, 2.75) is 50.9 Å². The SMILES string of the molecule is O=C(N[C@@H]1CCOC[C@H]1Oc1ccc(CO)cc1)c1noc2c1CCCC2. The van der Waals surface area contributed by atoms with Crippen LogP contribution in [0.5, 0.6) is 5.75 Å². The minimum absolute atomic E-state index is 0.00642. The maximum absolute atomic E-state index is 12.8. The molecule has 0 saturated carbocycles. The first-order valence-electron chi connectivity index (χ1n) is 9.47. The van der Waals surface area contributed by atoms with Crippen molar-refractivity contribution >= 4 is 5.91 Å². The van der Waals surface area contributed by atoms with Gasteiger partial charge < -0.3 is 24.4 Å². The van der Waals surface area contributed by atoms with E-state index < -0.39 is 0 Å². The zero-order chi connectivity index (χ0) is 18.6. The van der Waals surface area contributed by atoms with Gasteiger partial charge in [0.2, 0.25) is 0 Å². The molecular weight excluding hydrogens is 348 g/mol. The number of aryl methyl sites for hydroxylation is 1. The smallest absolute Gasteiger partial charge is 0.274 e. The van der Waals surface area contributed by atoms with Crippen molar-refractivity contribution in [3.8, 4) is 5.75 Å². The number of aromatic nitrogens is 1. The second-order valence-corrected chi connectivity index (χ2v) is 7.04. The normalized spacial score (nSPS) is 22.1. The highest BCUT2D eigenvalue weighted by Gasteiger charge is 2.32. The second-order valence-electron chi connectivity index (χ2n) is 7.04. The van der Waals surface area contributed by atoms with Crippen molar-refractivity contribution < 1.29 is 23.9 Å². The van der Waals surface area contributed by atoms with Crippen molar-refractivity contribution in [1.82, 2.24) is 10.5 Å². The molecule has 1 aliphatic heterocycles. The minimum Gasteiger partial charge on any atom is -0.486 e. The highest BCUT2D eigenvalue weighted by atomic mass is 16.5. The maximum atomic E-state index is 12.8. The van der Waals surface area contributed by atoms with Crippen LogP contribution in [0.2, 0.25) is 0 Å². The first-order chi connectivity index (χ1) is 13.2. The lowest BCUT2D eigenvalue weighted by Crippen LogP contribution is -2.51. The van der Waals surface area contributed by atoms with Gasteiger partial charge in [-0.25, -0.2) is 0 Å². The highest BCUT2D eigenvalue weighted by Crippen LogP contribution is 2.25. The van der Waals surface area contributed by atoms with Crippen LogP contribution < -0.4 is 10.1 Å². The fourth-order valence-electron chi connectivity index (χ4n) is 3.64. The van der Waals surface area contributed by atoms with Crippen LogP contribution in [0, 0.1) is 0 Å². The van der Waals surface area contributed by atoms with Crippen LogP contribution in [0.1, 0.15) is 46.6 Å². The van der Waals surface area contributed by atoms with Gasteiger partial charge in [-0.05, 0) is 43.4 Å². The molecule has 2 heterocycles. The van der Waals surface area contributed by atoms with E-state index in [-0.39, 0.29) is 24.7 Å². The Kier molecular flexibility index (Phi) is 5.40. The summed E-state index contributed by atoms with van der Waals surface area (Å²) in [6.45, 7) is 0.975. The molecule has 1 saturated heterocycles. The molecule has 1 amide bonds. The third-order valence-corrected chi connectivity index (χ3v) is 5.18. The lowest BCUT2D eigenvalue weighted by Gasteiger charge is -2.32. The molecule has 1 aromatic heterocycles. The molecule has 1 aliphatic carbocycles. The Balaban J connectivity index is 1.44. The number of fused-ring (bicyclic) bond motifs is 1. The van der Waals surface area contributed by atoms with Crippen LogP contribution in [0.25, 0.3) is 0 Å². The summed E-state index contributed by atoms with van der Waals surface area (Å²) in [6, 6.07) is 7.09. The topological polar surface area (TPSA) is 93.8 Å². The van der Waals surface area contributed by atoms with E-state index in [4.69, 9.17) is 19.1 Å². The van der Waals surface area contributed by atoms with E-state index in [1.54, 1.807) is 0 Å². The fraction of sp³-hybridized carbons (Fsp3) is 0.500. The number of aliphatic hydroxyl groups is 1. The van der Waals surface area contributed by atoms with E-state index >= 15 is 0 Å². The average molecular weight is 372 g/mol. The first-order valence-corrected chi connectivity index (χ1v) is 9.47. The molecule has 7 nitrogen and oxygen atoms in total. The number of hydrogen-bond acceptors (Lipinski definition) is 6. The average Bonchev–Trinajstić information content (AvgIpc) is 3.14. The van der Waals surface area contributed by atoms with E-state index in [0.717, 1.165) is 42.6 Å².